The Morgan fingerprint density at radius 3 is 2.50 bits per heavy atom. The van der Waals surface area contributed by atoms with Gasteiger partial charge in [-0.2, -0.15) is 13.2 Å². The fourth-order valence-corrected chi connectivity index (χ4v) is 5.60. The number of anilines is 1. The molecule has 2 saturated heterocycles. The van der Waals surface area contributed by atoms with Crippen LogP contribution in [0.15, 0.2) is 42.6 Å². The lowest BCUT2D eigenvalue weighted by Gasteiger charge is -2.43. The Morgan fingerprint density at radius 1 is 1.04 bits per heavy atom. The van der Waals surface area contributed by atoms with E-state index in [1.54, 1.807) is 25.3 Å². The molecule has 2 aliphatic heterocycles. The number of ether oxygens (including phenoxy) is 2. The van der Waals surface area contributed by atoms with Crippen molar-refractivity contribution in [1.29, 1.82) is 0 Å². The van der Waals surface area contributed by atoms with Crippen LogP contribution in [-0.2, 0) is 6.18 Å². The highest BCUT2D eigenvalue weighted by atomic mass is 19.4. The number of nitrogens with one attached hydrogen (secondary N) is 2. The molecule has 3 aromatic heterocycles. The van der Waals surface area contributed by atoms with Crippen LogP contribution < -0.4 is 25.0 Å². The Hall–Kier alpha value is -4.46. The van der Waals surface area contributed by atoms with Crippen molar-refractivity contribution in [1.82, 2.24) is 30.5 Å². The first-order valence-corrected chi connectivity index (χ1v) is 15.5. The highest BCUT2D eigenvalue weighted by molar-refractivity contribution is 5.99. The average Bonchev–Trinajstić information content (AvgIpc) is 3.03. The van der Waals surface area contributed by atoms with Gasteiger partial charge in [-0.05, 0) is 63.6 Å². The molecule has 0 saturated carbocycles. The molecule has 3 aromatic rings. The van der Waals surface area contributed by atoms with E-state index in [4.69, 9.17) is 14.5 Å². The summed E-state index contributed by atoms with van der Waals surface area (Å²) in [7, 11) is 0. The predicted octanol–water partition coefficient (Wildman–Crippen LogP) is 4.19. The smallest absolute Gasteiger partial charge is 0.434 e. The van der Waals surface area contributed by atoms with Crippen molar-refractivity contribution in [3.8, 4) is 23.0 Å². The lowest BCUT2D eigenvalue weighted by molar-refractivity contribution is -0.141. The van der Waals surface area contributed by atoms with Crippen molar-refractivity contribution in [3.63, 3.8) is 0 Å². The minimum absolute atomic E-state index is 0.131. The third-order valence-electron chi connectivity index (χ3n) is 8.06. The van der Waals surface area contributed by atoms with Crippen LogP contribution in [0.5, 0.6) is 11.8 Å². The summed E-state index contributed by atoms with van der Waals surface area (Å²) >= 11 is 0. The van der Waals surface area contributed by atoms with Crippen molar-refractivity contribution in [2.75, 3.05) is 50.8 Å². The van der Waals surface area contributed by atoms with E-state index >= 15 is 0 Å². The van der Waals surface area contributed by atoms with Gasteiger partial charge in [0.25, 0.3) is 11.8 Å². The zero-order valence-corrected chi connectivity index (χ0v) is 26.1. The SMILES string of the molecule is CCOc1ccc(C(=O)N2CCN(c3ccc(-c4cccnc4OCC)nc3C(=O)NC[C@@H]3CCN3)[C@H](CC)C2)c(C(F)(F)F)n1. The number of rotatable bonds is 11. The predicted molar refractivity (Wildman–Crippen MR) is 165 cm³/mol. The summed E-state index contributed by atoms with van der Waals surface area (Å²) in [6, 6.07) is 9.49. The molecule has 0 aromatic carbocycles. The summed E-state index contributed by atoms with van der Waals surface area (Å²) in [6.07, 6.45) is -1.70. The molecular formula is C32H38F3N7O4. The number of alkyl halides is 3. The average molecular weight is 642 g/mol. The first kappa shape index (κ1) is 32.9. The first-order valence-electron chi connectivity index (χ1n) is 15.5. The number of hydrogen-bond acceptors (Lipinski definition) is 9. The maximum atomic E-state index is 13.9. The normalized spacial score (nSPS) is 18.1. The topological polar surface area (TPSA) is 122 Å². The van der Waals surface area contributed by atoms with Crippen LogP contribution in [0.4, 0.5) is 18.9 Å². The second kappa shape index (κ2) is 14.3. The number of pyridine rings is 3. The Balaban J connectivity index is 1.44. The Bertz CT molecular complexity index is 1550. The van der Waals surface area contributed by atoms with E-state index in [0.29, 0.717) is 42.4 Å². The van der Waals surface area contributed by atoms with Gasteiger partial charge in [-0.25, -0.2) is 15.0 Å². The quantitative estimate of drug-likeness (QED) is 0.318. The number of carbonyl (C=O) groups is 2. The number of hydrogen-bond donors (Lipinski definition) is 2. The van der Waals surface area contributed by atoms with Crippen LogP contribution in [-0.4, -0.2) is 89.7 Å². The minimum Gasteiger partial charge on any atom is -0.478 e. The van der Waals surface area contributed by atoms with Crippen LogP contribution in [0.2, 0.25) is 0 Å². The van der Waals surface area contributed by atoms with Crippen molar-refractivity contribution < 1.29 is 32.2 Å². The van der Waals surface area contributed by atoms with E-state index in [0.717, 1.165) is 19.0 Å². The molecule has 2 amide bonds. The molecule has 0 radical (unpaired) electrons. The van der Waals surface area contributed by atoms with Gasteiger partial charge in [-0.1, -0.05) is 6.92 Å². The van der Waals surface area contributed by atoms with Crippen molar-refractivity contribution in [3.05, 3.63) is 59.5 Å². The van der Waals surface area contributed by atoms with Crippen LogP contribution in [0.25, 0.3) is 11.3 Å². The molecule has 246 valence electrons. The van der Waals surface area contributed by atoms with Crippen LogP contribution in [0, 0.1) is 0 Å². The molecule has 11 nitrogen and oxygen atoms in total. The van der Waals surface area contributed by atoms with Crippen molar-refractivity contribution in [2.45, 2.75) is 51.9 Å². The van der Waals surface area contributed by atoms with Crippen LogP contribution in [0.3, 0.4) is 0 Å². The molecule has 2 atom stereocenters. The van der Waals surface area contributed by atoms with E-state index in [1.165, 1.54) is 11.0 Å². The van der Waals surface area contributed by atoms with Gasteiger partial charge in [0, 0.05) is 50.5 Å². The number of piperazine rings is 1. The summed E-state index contributed by atoms with van der Waals surface area (Å²) in [5.74, 6) is -0.913. The number of amides is 2. The molecule has 2 aliphatic rings. The van der Waals surface area contributed by atoms with Gasteiger partial charge in [0.1, 0.15) is 0 Å². The van der Waals surface area contributed by atoms with E-state index in [2.05, 4.69) is 20.6 Å². The second-order valence-electron chi connectivity index (χ2n) is 11.0. The van der Waals surface area contributed by atoms with Gasteiger partial charge in [-0.3, -0.25) is 9.59 Å². The molecule has 2 fully saturated rings. The Labute approximate surface area is 265 Å². The van der Waals surface area contributed by atoms with Crippen LogP contribution >= 0.6 is 0 Å². The van der Waals surface area contributed by atoms with Crippen molar-refractivity contribution >= 4 is 17.5 Å². The van der Waals surface area contributed by atoms with Crippen molar-refractivity contribution in [2.24, 2.45) is 0 Å². The van der Waals surface area contributed by atoms with Gasteiger partial charge < -0.3 is 29.9 Å². The summed E-state index contributed by atoms with van der Waals surface area (Å²) < 4.78 is 52.7. The summed E-state index contributed by atoms with van der Waals surface area (Å²) in [6.45, 7) is 7.86. The minimum atomic E-state index is -4.84. The number of carbonyl (C=O) groups excluding carboxylic acids is 2. The summed E-state index contributed by atoms with van der Waals surface area (Å²) in [5.41, 5.74) is 0.116. The second-order valence-corrected chi connectivity index (χ2v) is 11.0. The molecule has 0 spiro atoms. The fourth-order valence-electron chi connectivity index (χ4n) is 5.60. The standard InChI is InChI=1S/C32H38F3N7O4/c1-4-21-19-41(31(44)23-9-12-26(45-5-2)40-28(23)32(33,34)35)16-17-42(21)25-11-10-24(22-8-7-14-37-30(22)46-6-3)39-27(25)29(43)38-18-20-13-15-36-20/h7-12,14,20-21,36H,4-6,13,15-19H2,1-3H3,(H,38,43)/t20-,21+/m0/s1. The highest BCUT2D eigenvalue weighted by Crippen LogP contribution is 2.35. The van der Waals surface area contributed by atoms with Gasteiger partial charge in [-0.15, -0.1) is 0 Å². The molecular weight excluding hydrogens is 603 g/mol. The van der Waals surface area contributed by atoms with Gasteiger partial charge >= 0.3 is 6.18 Å². The van der Waals surface area contributed by atoms with E-state index in [-0.39, 0.29) is 55.8 Å². The molecule has 46 heavy (non-hydrogen) atoms. The fraction of sp³-hybridized carbons (Fsp3) is 0.469. The largest absolute Gasteiger partial charge is 0.478 e. The van der Waals surface area contributed by atoms with E-state index < -0.39 is 23.3 Å². The maximum Gasteiger partial charge on any atom is 0.434 e. The maximum absolute atomic E-state index is 13.9. The van der Waals surface area contributed by atoms with E-state index in [9.17, 15) is 22.8 Å². The third-order valence-corrected chi connectivity index (χ3v) is 8.06. The Kier molecular flexibility index (Phi) is 10.2. The molecule has 5 rings (SSSR count). The molecule has 0 bridgehead atoms. The summed E-state index contributed by atoms with van der Waals surface area (Å²) in [5, 5.41) is 6.26. The summed E-state index contributed by atoms with van der Waals surface area (Å²) in [4.78, 5) is 43.3. The molecule has 2 N–H and O–H groups in total. The third kappa shape index (κ3) is 7.16. The Morgan fingerprint density at radius 2 is 1.83 bits per heavy atom. The van der Waals surface area contributed by atoms with Gasteiger partial charge in [0.05, 0.1) is 35.7 Å². The zero-order chi connectivity index (χ0) is 32.8. The van der Waals surface area contributed by atoms with Gasteiger partial charge in [0.2, 0.25) is 11.8 Å². The lowest BCUT2D eigenvalue weighted by Crippen LogP contribution is -2.55. The highest BCUT2D eigenvalue weighted by Gasteiger charge is 2.40. The zero-order valence-electron chi connectivity index (χ0n) is 26.1. The molecule has 0 aliphatic carbocycles. The monoisotopic (exact) mass is 641 g/mol. The first-order chi connectivity index (χ1) is 22.1. The number of halogens is 3. The number of aromatic nitrogens is 3. The molecule has 14 heteroatoms. The van der Waals surface area contributed by atoms with Crippen LogP contribution in [0.1, 0.15) is 60.2 Å². The number of nitrogens with zero attached hydrogens (tertiary/aromatic N) is 5. The molecule has 0 unspecified atom stereocenters. The van der Waals surface area contributed by atoms with Gasteiger partial charge in [0.15, 0.2) is 11.4 Å². The lowest BCUT2D eigenvalue weighted by atomic mass is 10.0. The molecule has 5 heterocycles. The van der Waals surface area contributed by atoms with E-state index in [1.807, 2.05) is 30.9 Å².